The molecule has 0 fully saturated rings. The SMILES string of the molecule is CCNC(=NCCC(C)C)NC(C)C(C)C. The van der Waals surface area contributed by atoms with Crippen molar-refractivity contribution in [2.24, 2.45) is 16.8 Å². The first-order chi connectivity index (χ1) is 7.47. The van der Waals surface area contributed by atoms with E-state index in [-0.39, 0.29) is 0 Å². The lowest BCUT2D eigenvalue weighted by Crippen LogP contribution is -2.44. The molecular weight excluding hydrogens is 198 g/mol. The molecule has 16 heavy (non-hydrogen) atoms. The van der Waals surface area contributed by atoms with Gasteiger partial charge in [-0.3, -0.25) is 4.99 Å². The number of aliphatic imine (C=N–C) groups is 1. The van der Waals surface area contributed by atoms with Gasteiger partial charge in [0.05, 0.1) is 0 Å². The molecule has 2 N–H and O–H groups in total. The van der Waals surface area contributed by atoms with Crippen LogP contribution in [0.25, 0.3) is 0 Å². The van der Waals surface area contributed by atoms with Crippen molar-refractivity contribution in [3.63, 3.8) is 0 Å². The standard InChI is InChI=1S/C13H29N3/c1-7-14-13(15-9-8-10(2)3)16-12(6)11(4)5/h10-12H,7-9H2,1-6H3,(H2,14,15,16). The molecule has 0 saturated carbocycles. The molecule has 0 spiro atoms. The molecule has 3 nitrogen and oxygen atoms in total. The van der Waals surface area contributed by atoms with Crippen molar-refractivity contribution in [3.8, 4) is 0 Å². The molecule has 96 valence electrons. The van der Waals surface area contributed by atoms with Crippen LogP contribution in [0.5, 0.6) is 0 Å². The van der Waals surface area contributed by atoms with Gasteiger partial charge in [-0.05, 0) is 32.1 Å². The molecule has 0 bridgehead atoms. The van der Waals surface area contributed by atoms with Gasteiger partial charge in [-0.2, -0.15) is 0 Å². The average molecular weight is 227 g/mol. The van der Waals surface area contributed by atoms with Crippen molar-refractivity contribution < 1.29 is 0 Å². The van der Waals surface area contributed by atoms with Crippen LogP contribution in [0.4, 0.5) is 0 Å². The van der Waals surface area contributed by atoms with E-state index in [0.29, 0.717) is 17.9 Å². The number of hydrogen-bond donors (Lipinski definition) is 2. The van der Waals surface area contributed by atoms with E-state index in [1.54, 1.807) is 0 Å². The second-order valence-electron chi connectivity index (χ2n) is 5.12. The second-order valence-corrected chi connectivity index (χ2v) is 5.12. The third-order valence-corrected chi connectivity index (χ3v) is 2.68. The quantitative estimate of drug-likeness (QED) is 0.540. The maximum absolute atomic E-state index is 4.57. The summed E-state index contributed by atoms with van der Waals surface area (Å²) in [5, 5.41) is 6.71. The van der Waals surface area contributed by atoms with Crippen LogP contribution in [0.1, 0.15) is 48.0 Å². The fourth-order valence-corrected chi connectivity index (χ4v) is 1.14. The molecule has 0 rings (SSSR count). The Balaban J connectivity index is 4.14. The monoisotopic (exact) mass is 227 g/mol. The van der Waals surface area contributed by atoms with Crippen LogP contribution in [0.3, 0.4) is 0 Å². The third-order valence-electron chi connectivity index (χ3n) is 2.68. The van der Waals surface area contributed by atoms with Crippen molar-refractivity contribution in [2.75, 3.05) is 13.1 Å². The first-order valence-electron chi connectivity index (χ1n) is 6.52. The Morgan fingerprint density at radius 2 is 1.75 bits per heavy atom. The average Bonchev–Trinajstić information content (AvgIpc) is 2.17. The van der Waals surface area contributed by atoms with Crippen LogP contribution in [0.15, 0.2) is 4.99 Å². The molecule has 0 amide bonds. The highest BCUT2D eigenvalue weighted by molar-refractivity contribution is 5.80. The lowest BCUT2D eigenvalue weighted by molar-refractivity contribution is 0.480. The first kappa shape index (κ1) is 15.3. The topological polar surface area (TPSA) is 36.4 Å². The zero-order valence-electron chi connectivity index (χ0n) is 11.8. The van der Waals surface area contributed by atoms with Crippen molar-refractivity contribution in [1.82, 2.24) is 10.6 Å². The van der Waals surface area contributed by atoms with E-state index in [2.05, 4.69) is 57.2 Å². The zero-order chi connectivity index (χ0) is 12.6. The van der Waals surface area contributed by atoms with Crippen LogP contribution in [-0.2, 0) is 0 Å². The van der Waals surface area contributed by atoms with E-state index in [4.69, 9.17) is 0 Å². The number of hydrogen-bond acceptors (Lipinski definition) is 1. The molecule has 3 heteroatoms. The minimum Gasteiger partial charge on any atom is -0.357 e. The van der Waals surface area contributed by atoms with Crippen LogP contribution in [0, 0.1) is 11.8 Å². The molecule has 0 heterocycles. The normalized spacial score (nSPS) is 14.4. The maximum Gasteiger partial charge on any atom is 0.191 e. The van der Waals surface area contributed by atoms with Gasteiger partial charge in [-0.15, -0.1) is 0 Å². The summed E-state index contributed by atoms with van der Waals surface area (Å²) in [5.41, 5.74) is 0. The fourth-order valence-electron chi connectivity index (χ4n) is 1.14. The molecule has 0 aromatic heterocycles. The van der Waals surface area contributed by atoms with Crippen LogP contribution < -0.4 is 10.6 Å². The van der Waals surface area contributed by atoms with Gasteiger partial charge in [-0.25, -0.2) is 0 Å². The molecule has 0 aliphatic rings. The van der Waals surface area contributed by atoms with Crippen LogP contribution in [0.2, 0.25) is 0 Å². The Labute approximate surface area is 101 Å². The second kappa shape index (κ2) is 8.43. The highest BCUT2D eigenvalue weighted by atomic mass is 15.2. The maximum atomic E-state index is 4.57. The lowest BCUT2D eigenvalue weighted by atomic mass is 10.1. The van der Waals surface area contributed by atoms with Gasteiger partial charge < -0.3 is 10.6 Å². The Hall–Kier alpha value is -0.730. The van der Waals surface area contributed by atoms with E-state index in [1.807, 2.05) is 0 Å². The number of guanidine groups is 1. The summed E-state index contributed by atoms with van der Waals surface area (Å²) < 4.78 is 0. The Kier molecular flexibility index (Phi) is 8.04. The van der Waals surface area contributed by atoms with Crippen molar-refractivity contribution >= 4 is 5.96 Å². The van der Waals surface area contributed by atoms with Crippen LogP contribution in [-0.4, -0.2) is 25.1 Å². The summed E-state index contributed by atoms with van der Waals surface area (Å²) in [6, 6.07) is 0.455. The van der Waals surface area contributed by atoms with E-state index in [0.717, 1.165) is 25.5 Å². The summed E-state index contributed by atoms with van der Waals surface area (Å²) in [5.74, 6) is 2.28. The van der Waals surface area contributed by atoms with Crippen molar-refractivity contribution in [2.45, 2.75) is 54.0 Å². The van der Waals surface area contributed by atoms with E-state index in [9.17, 15) is 0 Å². The van der Waals surface area contributed by atoms with Crippen LogP contribution >= 0.6 is 0 Å². The summed E-state index contributed by atoms with van der Waals surface area (Å²) in [4.78, 5) is 4.57. The molecule has 0 aromatic carbocycles. The zero-order valence-corrected chi connectivity index (χ0v) is 11.8. The summed E-state index contributed by atoms with van der Waals surface area (Å²) in [6.45, 7) is 15.0. The van der Waals surface area contributed by atoms with Gasteiger partial charge >= 0.3 is 0 Å². The number of nitrogens with zero attached hydrogens (tertiary/aromatic N) is 1. The molecular formula is C13H29N3. The largest absolute Gasteiger partial charge is 0.357 e. The van der Waals surface area contributed by atoms with Gasteiger partial charge in [0, 0.05) is 19.1 Å². The third kappa shape index (κ3) is 7.55. The van der Waals surface area contributed by atoms with Crippen molar-refractivity contribution in [1.29, 1.82) is 0 Å². The molecule has 1 unspecified atom stereocenters. The predicted octanol–water partition coefficient (Wildman–Crippen LogP) is 2.63. The fraction of sp³-hybridized carbons (Fsp3) is 0.923. The first-order valence-corrected chi connectivity index (χ1v) is 6.52. The molecule has 0 radical (unpaired) electrons. The Morgan fingerprint density at radius 1 is 1.12 bits per heavy atom. The Bertz CT molecular complexity index is 197. The van der Waals surface area contributed by atoms with Gasteiger partial charge in [0.15, 0.2) is 5.96 Å². The summed E-state index contributed by atoms with van der Waals surface area (Å²) in [7, 11) is 0. The predicted molar refractivity (Wildman–Crippen MR) is 72.9 cm³/mol. The molecule has 0 saturated heterocycles. The van der Waals surface area contributed by atoms with Crippen molar-refractivity contribution in [3.05, 3.63) is 0 Å². The molecule has 0 aliphatic carbocycles. The smallest absolute Gasteiger partial charge is 0.191 e. The highest BCUT2D eigenvalue weighted by Gasteiger charge is 2.08. The van der Waals surface area contributed by atoms with E-state index < -0.39 is 0 Å². The number of nitrogens with one attached hydrogen (secondary N) is 2. The minimum absolute atomic E-state index is 0.455. The minimum atomic E-state index is 0.455. The van der Waals surface area contributed by atoms with E-state index >= 15 is 0 Å². The molecule has 1 atom stereocenters. The lowest BCUT2D eigenvalue weighted by Gasteiger charge is -2.20. The molecule has 0 aliphatic heterocycles. The van der Waals surface area contributed by atoms with Gasteiger partial charge in [0.25, 0.3) is 0 Å². The number of rotatable bonds is 6. The van der Waals surface area contributed by atoms with Gasteiger partial charge in [0.1, 0.15) is 0 Å². The summed E-state index contributed by atoms with van der Waals surface area (Å²) in [6.07, 6.45) is 1.15. The molecule has 0 aromatic rings. The Morgan fingerprint density at radius 3 is 2.19 bits per heavy atom. The van der Waals surface area contributed by atoms with Gasteiger partial charge in [0.2, 0.25) is 0 Å². The summed E-state index contributed by atoms with van der Waals surface area (Å²) >= 11 is 0. The van der Waals surface area contributed by atoms with Gasteiger partial charge in [-0.1, -0.05) is 27.7 Å². The highest BCUT2D eigenvalue weighted by Crippen LogP contribution is 2.01. The van der Waals surface area contributed by atoms with E-state index in [1.165, 1.54) is 0 Å².